The lowest BCUT2D eigenvalue weighted by atomic mass is 10.1. The monoisotopic (exact) mass is 182 g/mol. The van der Waals surface area contributed by atoms with E-state index >= 15 is 0 Å². The van der Waals surface area contributed by atoms with Crippen LogP contribution in [0.15, 0.2) is 48.7 Å². The van der Waals surface area contributed by atoms with Gasteiger partial charge in [-0.2, -0.15) is 0 Å². The average molecular weight is 182 g/mol. The van der Waals surface area contributed by atoms with E-state index in [9.17, 15) is 4.79 Å². The molecule has 0 fully saturated rings. The number of rotatable bonds is 2. The second-order valence-corrected chi connectivity index (χ2v) is 2.87. The molecule has 0 atom stereocenters. The number of hydrogen-bond acceptors (Lipinski definition) is 2. The first-order valence-electron chi connectivity index (χ1n) is 4.30. The molecule has 1 radical (unpaired) electrons. The zero-order valence-corrected chi connectivity index (χ0v) is 7.47. The summed E-state index contributed by atoms with van der Waals surface area (Å²) in [6.45, 7) is 0. The Hall–Kier alpha value is -1.96. The van der Waals surface area contributed by atoms with Gasteiger partial charge >= 0.3 is 0 Å². The van der Waals surface area contributed by atoms with Crippen molar-refractivity contribution in [2.75, 3.05) is 0 Å². The molecule has 0 aliphatic heterocycles. The largest absolute Gasteiger partial charge is 0.289 e. The molecule has 0 amide bonds. The molecule has 0 aliphatic carbocycles. The third kappa shape index (κ3) is 1.69. The van der Waals surface area contributed by atoms with Gasteiger partial charge in [-0.25, -0.2) is 0 Å². The molecule has 67 valence electrons. The number of benzene rings is 1. The highest BCUT2D eigenvalue weighted by atomic mass is 16.1. The molecule has 2 nitrogen and oxygen atoms in total. The number of carbonyl (C=O) groups is 1. The molecule has 1 aromatic carbocycles. The molecular weight excluding hydrogens is 174 g/mol. The molecule has 0 aliphatic rings. The maximum atomic E-state index is 11.8. The van der Waals surface area contributed by atoms with Crippen LogP contribution >= 0.6 is 0 Å². The predicted octanol–water partition coefficient (Wildman–Crippen LogP) is 2.11. The van der Waals surface area contributed by atoms with Gasteiger partial charge in [0.2, 0.25) is 0 Å². The Balaban J connectivity index is 2.35. The lowest BCUT2D eigenvalue weighted by molar-refractivity contribution is 0.103. The van der Waals surface area contributed by atoms with Gasteiger partial charge in [0, 0.05) is 17.3 Å². The summed E-state index contributed by atoms with van der Waals surface area (Å²) < 4.78 is 0. The molecular formula is C12H8NO. The van der Waals surface area contributed by atoms with E-state index in [1.54, 1.807) is 24.3 Å². The van der Waals surface area contributed by atoms with Crippen LogP contribution in [0.25, 0.3) is 0 Å². The van der Waals surface area contributed by atoms with Crippen molar-refractivity contribution in [1.29, 1.82) is 0 Å². The van der Waals surface area contributed by atoms with Gasteiger partial charge in [-0.3, -0.25) is 9.78 Å². The fraction of sp³-hybridized carbons (Fsp3) is 0. The second kappa shape index (κ2) is 3.83. The number of carbonyl (C=O) groups excluding carboxylic acids is 1. The molecule has 0 saturated heterocycles. The van der Waals surface area contributed by atoms with Crippen LogP contribution in [-0.4, -0.2) is 10.8 Å². The Bertz CT molecular complexity index is 381. The number of nitrogens with zero attached hydrogens (tertiary/aromatic N) is 1. The fourth-order valence-electron chi connectivity index (χ4n) is 1.21. The highest BCUT2D eigenvalue weighted by Crippen LogP contribution is 2.07. The van der Waals surface area contributed by atoms with E-state index in [4.69, 9.17) is 0 Å². The Morgan fingerprint density at radius 3 is 2.50 bits per heavy atom. The van der Waals surface area contributed by atoms with Crippen LogP contribution in [0.4, 0.5) is 0 Å². The Morgan fingerprint density at radius 1 is 1.07 bits per heavy atom. The standard InChI is InChI=1S/C12H8NO/c14-12(10-5-2-1-3-6-10)11-7-4-8-13-9-11/h1-7,9H. The van der Waals surface area contributed by atoms with E-state index in [1.165, 1.54) is 6.20 Å². The minimum atomic E-state index is -0.00731. The molecule has 0 bridgehead atoms. The van der Waals surface area contributed by atoms with Gasteiger partial charge in [-0.15, -0.1) is 0 Å². The van der Waals surface area contributed by atoms with Gasteiger partial charge in [0.25, 0.3) is 0 Å². The van der Waals surface area contributed by atoms with Gasteiger partial charge < -0.3 is 0 Å². The van der Waals surface area contributed by atoms with E-state index in [-0.39, 0.29) is 5.78 Å². The van der Waals surface area contributed by atoms with Crippen molar-refractivity contribution >= 4 is 5.78 Å². The molecule has 2 heteroatoms. The van der Waals surface area contributed by atoms with Gasteiger partial charge in [-0.05, 0) is 12.1 Å². The zero-order chi connectivity index (χ0) is 9.80. The quantitative estimate of drug-likeness (QED) is 0.666. The molecule has 2 rings (SSSR count). The van der Waals surface area contributed by atoms with Crippen LogP contribution in [0.1, 0.15) is 15.9 Å². The van der Waals surface area contributed by atoms with Gasteiger partial charge in [0.05, 0.1) is 6.20 Å². The van der Waals surface area contributed by atoms with E-state index < -0.39 is 0 Å². The van der Waals surface area contributed by atoms with Crippen LogP contribution in [0, 0.1) is 6.20 Å². The van der Waals surface area contributed by atoms with Crippen molar-refractivity contribution in [2.24, 2.45) is 0 Å². The van der Waals surface area contributed by atoms with Gasteiger partial charge in [0.15, 0.2) is 5.78 Å². The van der Waals surface area contributed by atoms with Crippen LogP contribution in [0.5, 0.6) is 0 Å². The molecule has 0 unspecified atom stereocenters. The molecule has 0 spiro atoms. The maximum absolute atomic E-state index is 11.8. The summed E-state index contributed by atoms with van der Waals surface area (Å²) in [7, 11) is 0. The highest BCUT2D eigenvalue weighted by Gasteiger charge is 2.06. The first-order chi connectivity index (χ1) is 6.88. The minimum absolute atomic E-state index is 0.00731. The Morgan fingerprint density at radius 2 is 1.86 bits per heavy atom. The van der Waals surface area contributed by atoms with Crippen molar-refractivity contribution < 1.29 is 4.79 Å². The smallest absolute Gasteiger partial charge is 0.194 e. The van der Waals surface area contributed by atoms with E-state index in [2.05, 4.69) is 11.2 Å². The van der Waals surface area contributed by atoms with Crippen molar-refractivity contribution in [3.8, 4) is 0 Å². The summed E-state index contributed by atoms with van der Waals surface area (Å²) in [4.78, 5) is 15.6. The number of ketones is 1. The number of aromatic nitrogens is 1. The first kappa shape index (κ1) is 8.63. The lowest BCUT2D eigenvalue weighted by Gasteiger charge is -1.98. The summed E-state index contributed by atoms with van der Waals surface area (Å²) in [5, 5.41) is 0. The normalized spacial score (nSPS) is 9.71. The third-order valence-corrected chi connectivity index (χ3v) is 1.91. The van der Waals surface area contributed by atoms with Crippen molar-refractivity contribution in [2.45, 2.75) is 0 Å². The van der Waals surface area contributed by atoms with Crippen molar-refractivity contribution in [1.82, 2.24) is 4.98 Å². The zero-order valence-electron chi connectivity index (χ0n) is 7.47. The number of pyridine rings is 1. The van der Waals surface area contributed by atoms with Crippen molar-refractivity contribution in [3.05, 3.63) is 66.0 Å². The Kier molecular flexibility index (Phi) is 2.36. The summed E-state index contributed by atoms with van der Waals surface area (Å²) in [5.74, 6) is -0.00731. The predicted molar refractivity (Wildman–Crippen MR) is 52.9 cm³/mol. The van der Waals surface area contributed by atoms with Crippen LogP contribution < -0.4 is 0 Å². The first-order valence-corrected chi connectivity index (χ1v) is 4.30. The topological polar surface area (TPSA) is 30.0 Å². The third-order valence-electron chi connectivity index (χ3n) is 1.91. The average Bonchev–Trinajstić information content (AvgIpc) is 2.30. The highest BCUT2D eigenvalue weighted by molar-refractivity contribution is 6.08. The van der Waals surface area contributed by atoms with Crippen LogP contribution in [0.2, 0.25) is 0 Å². The minimum Gasteiger partial charge on any atom is -0.289 e. The lowest BCUT2D eigenvalue weighted by Crippen LogP contribution is -2.00. The molecule has 0 saturated carbocycles. The van der Waals surface area contributed by atoms with Gasteiger partial charge in [0.1, 0.15) is 0 Å². The van der Waals surface area contributed by atoms with Gasteiger partial charge in [-0.1, -0.05) is 30.3 Å². The van der Waals surface area contributed by atoms with Crippen LogP contribution in [0.3, 0.4) is 0 Å². The SMILES string of the molecule is O=C(c1ccccc1)c1cc[c]nc1. The van der Waals surface area contributed by atoms with E-state index in [0.717, 1.165) is 0 Å². The van der Waals surface area contributed by atoms with Crippen LogP contribution in [-0.2, 0) is 0 Å². The maximum Gasteiger partial charge on any atom is 0.194 e. The van der Waals surface area contributed by atoms with E-state index in [1.807, 2.05) is 18.2 Å². The second-order valence-electron chi connectivity index (χ2n) is 2.87. The molecule has 0 N–H and O–H groups in total. The molecule has 2 aromatic rings. The van der Waals surface area contributed by atoms with Crippen molar-refractivity contribution in [3.63, 3.8) is 0 Å². The summed E-state index contributed by atoms with van der Waals surface area (Å²) in [6.07, 6.45) is 4.16. The molecule has 1 aromatic heterocycles. The molecule has 14 heavy (non-hydrogen) atoms. The summed E-state index contributed by atoms with van der Waals surface area (Å²) in [6, 6.07) is 12.5. The number of hydrogen-bond donors (Lipinski definition) is 0. The fourth-order valence-corrected chi connectivity index (χ4v) is 1.21. The van der Waals surface area contributed by atoms with E-state index in [0.29, 0.717) is 11.1 Å². The Labute approximate surface area is 82.2 Å². The summed E-state index contributed by atoms with van der Waals surface area (Å²) in [5.41, 5.74) is 1.27. The molecule has 1 heterocycles. The summed E-state index contributed by atoms with van der Waals surface area (Å²) >= 11 is 0.